The Hall–Kier alpha value is -3.43. The minimum atomic E-state index is -0.780. The Kier molecular flexibility index (Phi) is 6.21. The van der Waals surface area contributed by atoms with E-state index in [0.29, 0.717) is 51.4 Å². The zero-order valence-corrected chi connectivity index (χ0v) is 21.1. The van der Waals surface area contributed by atoms with Crippen molar-refractivity contribution in [3.05, 3.63) is 81.4 Å². The number of amides is 1. The quantitative estimate of drug-likeness (QED) is 0.321. The molecule has 2 aromatic carbocycles. The van der Waals surface area contributed by atoms with Crippen LogP contribution in [0.4, 0.5) is 5.69 Å². The molecule has 0 saturated heterocycles. The minimum absolute atomic E-state index is 0.0844. The van der Waals surface area contributed by atoms with Crippen LogP contribution in [-0.2, 0) is 4.79 Å². The van der Waals surface area contributed by atoms with Crippen LogP contribution >= 0.6 is 23.4 Å². The average Bonchev–Trinajstić information content (AvgIpc) is 3.16. The number of aromatic nitrogens is 5. The Balaban J connectivity index is 1.84. The molecule has 3 heterocycles. The maximum atomic E-state index is 13.6. The molecule has 2 aromatic heterocycles. The molecule has 178 valence electrons. The third-order valence-corrected chi connectivity index (χ3v) is 6.93. The molecule has 0 radical (unpaired) electrons. The highest BCUT2D eigenvalue weighted by Gasteiger charge is 2.48. The Bertz CT molecular complexity index is 1480. The molecule has 0 aliphatic carbocycles. The first kappa shape index (κ1) is 23.3. The Labute approximate surface area is 211 Å². The minimum Gasteiger partial charge on any atom is -0.291 e. The Morgan fingerprint density at radius 3 is 2.60 bits per heavy atom. The molecule has 5 rings (SSSR count). The van der Waals surface area contributed by atoms with Gasteiger partial charge in [0.15, 0.2) is 0 Å². The number of hydrogen-bond acceptors (Lipinski definition) is 5. The molecule has 1 atom stereocenters. The Morgan fingerprint density at radius 1 is 1.17 bits per heavy atom. The molecule has 0 bridgehead atoms. The predicted octanol–water partition coefficient (Wildman–Crippen LogP) is 4.29. The van der Waals surface area contributed by atoms with Gasteiger partial charge >= 0.3 is 11.3 Å². The van der Waals surface area contributed by atoms with Crippen molar-refractivity contribution < 1.29 is 9.48 Å². The number of halogens is 1. The lowest BCUT2D eigenvalue weighted by Gasteiger charge is -2.32. The molecule has 4 aromatic rings. The van der Waals surface area contributed by atoms with Gasteiger partial charge in [0.25, 0.3) is 6.17 Å². The number of carbonyl (C=O) groups excluding carboxylic acids is 1. The number of thioether (sulfide) groups is 1. The van der Waals surface area contributed by atoms with Gasteiger partial charge in [0.2, 0.25) is 11.1 Å². The number of para-hydroxylation sites is 2. The summed E-state index contributed by atoms with van der Waals surface area (Å²) in [6.07, 6.45) is 2.07. The fourth-order valence-electron chi connectivity index (χ4n) is 4.47. The number of aromatic amines is 1. The van der Waals surface area contributed by atoms with Crippen LogP contribution in [0.5, 0.6) is 0 Å². The van der Waals surface area contributed by atoms with E-state index in [2.05, 4.69) is 4.98 Å². The summed E-state index contributed by atoms with van der Waals surface area (Å²) in [6.45, 7) is 3.82. The van der Waals surface area contributed by atoms with Crippen LogP contribution in [0, 0.1) is 6.92 Å². The smallest absolute Gasteiger partial charge is 0.291 e. The first-order valence-electron chi connectivity index (χ1n) is 11.3. The van der Waals surface area contributed by atoms with Gasteiger partial charge in [-0.1, -0.05) is 60.6 Å². The molecule has 1 N–H and O–H groups in total. The molecule has 1 aliphatic heterocycles. The van der Waals surface area contributed by atoms with Crippen molar-refractivity contribution in [2.45, 2.75) is 38.0 Å². The number of H-pyrrole nitrogens is 1. The van der Waals surface area contributed by atoms with Crippen molar-refractivity contribution in [2.75, 3.05) is 11.2 Å². The summed E-state index contributed by atoms with van der Waals surface area (Å²) in [5, 5.41) is 10.2. The van der Waals surface area contributed by atoms with Crippen molar-refractivity contribution >= 4 is 35.0 Å². The number of nitrogens with zero attached hydrogens (tertiary/aromatic N) is 5. The highest BCUT2D eigenvalue weighted by atomic mass is 35.5. The fourth-order valence-corrected chi connectivity index (χ4v) is 5.21. The molecule has 1 amide bonds. The lowest BCUT2D eigenvalue weighted by atomic mass is 10.0. The topological polar surface area (TPSA) is 87.8 Å². The van der Waals surface area contributed by atoms with Crippen LogP contribution in [0.1, 0.15) is 37.2 Å². The van der Waals surface area contributed by atoms with Gasteiger partial charge in [0.1, 0.15) is 10.7 Å². The molecule has 1 aliphatic rings. The zero-order chi connectivity index (χ0) is 24.7. The second-order valence-electron chi connectivity index (χ2n) is 8.20. The van der Waals surface area contributed by atoms with Gasteiger partial charge in [0, 0.05) is 11.5 Å². The van der Waals surface area contributed by atoms with Crippen LogP contribution < -0.4 is 15.1 Å². The highest BCUT2D eigenvalue weighted by molar-refractivity contribution is 7.98. The lowest BCUT2D eigenvalue weighted by molar-refractivity contribution is -0.763. The van der Waals surface area contributed by atoms with Crippen LogP contribution in [0.25, 0.3) is 16.9 Å². The summed E-state index contributed by atoms with van der Waals surface area (Å²) >= 11 is 8.30. The van der Waals surface area contributed by atoms with Crippen molar-refractivity contribution in [1.82, 2.24) is 19.9 Å². The second-order valence-corrected chi connectivity index (χ2v) is 9.35. The predicted molar refractivity (Wildman–Crippen MR) is 136 cm³/mol. The van der Waals surface area contributed by atoms with Gasteiger partial charge in [-0.3, -0.25) is 14.6 Å². The molecule has 0 spiro atoms. The summed E-state index contributed by atoms with van der Waals surface area (Å²) in [4.78, 5) is 31.5. The molecule has 10 heteroatoms. The zero-order valence-electron chi connectivity index (χ0n) is 19.5. The summed E-state index contributed by atoms with van der Waals surface area (Å²) in [5.74, 6) is -0.0844. The van der Waals surface area contributed by atoms with E-state index in [1.54, 1.807) is 14.3 Å². The number of nitrogens with one attached hydrogen (secondary N) is 1. The van der Waals surface area contributed by atoms with Gasteiger partial charge < -0.3 is 0 Å². The van der Waals surface area contributed by atoms with E-state index in [0.717, 1.165) is 5.69 Å². The SMILES string of the molecule is CCCC(=O)N1c2ccccc2-c2c(=O)[nH]c(SC)n[n+]2[C@H]1c1c(C)nn(-c2ccccc2)c1Cl. The number of aryl methyl sites for hydroxylation is 1. The van der Waals surface area contributed by atoms with E-state index in [-0.39, 0.29) is 11.5 Å². The lowest BCUT2D eigenvalue weighted by Crippen LogP contribution is -2.61. The molecular weight excluding hydrogens is 484 g/mol. The maximum absolute atomic E-state index is 13.6. The molecule has 0 fully saturated rings. The van der Waals surface area contributed by atoms with Crippen molar-refractivity contribution in [3.63, 3.8) is 0 Å². The number of fused-ring (bicyclic) bond motifs is 3. The van der Waals surface area contributed by atoms with Crippen LogP contribution in [-0.4, -0.2) is 32.0 Å². The number of rotatable bonds is 5. The molecule has 35 heavy (non-hydrogen) atoms. The summed E-state index contributed by atoms with van der Waals surface area (Å²) in [6, 6.07) is 17.0. The first-order valence-corrected chi connectivity index (χ1v) is 12.9. The van der Waals surface area contributed by atoms with Crippen molar-refractivity contribution in [3.8, 4) is 16.9 Å². The van der Waals surface area contributed by atoms with E-state index in [1.165, 1.54) is 11.8 Å². The number of benzene rings is 2. The second kappa shape index (κ2) is 9.31. The van der Waals surface area contributed by atoms with E-state index < -0.39 is 6.17 Å². The highest BCUT2D eigenvalue weighted by Crippen LogP contribution is 2.40. The van der Waals surface area contributed by atoms with Gasteiger partial charge in [0.05, 0.1) is 22.6 Å². The van der Waals surface area contributed by atoms with Crippen LogP contribution in [0.2, 0.25) is 5.15 Å². The van der Waals surface area contributed by atoms with Crippen molar-refractivity contribution in [2.24, 2.45) is 0 Å². The molecule has 0 saturated carbocycles. The van der Waals surface area contributed by atoms with Gasteiger partial charge in [-0.05, 0) is 48.5 Å². The van der Waals surface area contributed by atoms with Crippen LogP contribution in [0.3, 0.4) is 0 Å². The average molecular weight is 508 g/mol. The van der Waals surface area contributed by atoms with E-state index in [1.807, 2.05) is 74.7 Å². The van der Waals surface area contributed by atoms with Crippen molar-refractivity contribution in [1.29, 1.82) is 0 Å². The number of hydrogen-bond donors (Lipinski definition) is 1. The van der Waals surface area contributed by atoms with Gasteiger partial charge in [-0.25, -0.2) is 9.58 Å². The largest absolute Gasteiger partial charge is 0.325 e. The third-order valence-electron chi connectivity index (χ3n) is 5.99. The standard InChI is InChI=1S/C25H23ClN6O2S/c1-4-10-19(33)30-18-14-9-8-13-17(18)21-23(34)27-25(35-3)29-32(21)24(30)20-15(2)28-31(22(20)26)16-11-6-5-7-12-16/h5-9,11-14,24H,4,10H2,1-3H3/p+1/t24-/m0/s1. The van der Waals surface area contributed by atoms with Gasteiger partial charge in [-0.15, -0.1) is 0 Å². The summed E-state index contributed by atoms with van der Waals surface area (Å²) in [7, 11) is 0. The Morgan fingerprint density at radius 2 is 1.89 bits per heavy atom. The van der Waals surface area contributed by atoms with E-state index >= 15 is 0 Å². The van der Waals surface area contributed by atoms with Crippen LogP contribution in [0.15, 0.2) is 64.5 Å². The molecular formula is C25H24ClN6O2S+. The monoisotopic (exact) mass is 507 g/mol. The molecule has 8 nitrogen and oxygen atoms in total. The summed E-state index contributed by atoms with van der Waals surface area (Å²) < 4.78 is 3.27. The number of anilines is 1. The fraction of sp³-hybridized carbons (Fsp3) is 0.240. The molecule has 0 unspecified atom stereocenters. The maximum Gasteiger partial charge on any atom is 0.325 e. The van der Waals surface area contributed by atoms with Gasteiger partial charge in [-0.2, -0.15) is 5.10 Å². The third kappa shape index (κ3) is 3.84. The number of carbonyl (C=O) groups is 1. The van der Waals surface area contributed by atoms with E-state index in [4.69, 9.17) is 21.8 Å². The first-order chi connectivity index (χ1) is 17.0. The summed E-state index contributed by atoms with van der Waals surface area (Å²) in [5.41, 5.74) is 3.42. The normalized spacial score (nSPS) is 14.5. The van der Waals surface area contributed by atoms with E-state index in [9.17, 15) is 9.59 Å².